The van der Waals surface area contributed by atoms with E-state index in [1.165, 1.54) is 6.42 Å². The van der Waals surface area contributed by atoms with Crippen molar-refractivity contribution >= 4 is 5.97 Å². The first kappa shape index (κ1) is 11.5. The van der Waals surface area contributed by atoms with Gasteiger partial charge in [0.2, 0.25) is 0 Å². The third-order valence-electron chi connectivity index (χ3n) is 3.20. The minimum Gasteiger partial charge on any atom is -0.480 e. The lowest BCUT2D eigenvalue weighted by molar-refractivity contribution is -0.138. The Kier molecular flexibility index (Phi) is 3.53. The van der Waals surface area contributed by atoms with Crippen molar-refractivity contribution in [2.45, 2.75) is 46.1 Å². The van der Waals surface area contributed by atoms with E-state index in [-0.39, 0.29) is 6.54 Å². The molecular weight excluding hydrogens is 178 g/mol. The van der Waals surface area contributed by atoms with E-state index in [9.17, 15) is 4.79 Å². The second kappa shape index (κ2) is 4.30. The standard InChI is InChI=1S/C11H21NO2/c1-4-12(8-10(13)14)9-5-6-11(2,3)7-9/h9H,4-8H2,1-3H3,(H,13,14). The molecule has 1 saturated carbocycles. The van der Waals surface area contributed by atoms with Crippen LogP contribution in [0.3, 0.4) is 0 Å². The molecule has 1 N–H and O–H groups in total. The molecule has 3 heteroatoms. The van der Waals surface area contributed by atoms with E-state index in [0.717, 1.165) is 19.4 Å². The van der Waals surface area contributed by atoms with Crippen LogP contribution in [0.25, 0.3) is 0 Å². The number of likely N-dealkylation sites (N-methyl/N-ethyl adjacent to an activating group) is 1. The molecule has 0 saturated heterocycles. The van der Waals surface area contributed by atoms with Crippen molar-refractivity contribution in [2.24, 2.45) is 5.41 Å². The number of nitrogens with zero attached hydrogens (tertiary/aromatic N) is 1. The van der Waals surface area contributed by atoms with Gasteiger partial charge in [-0.25, -0.2) is 0 Å². The van der Waals surface area contributed by atoms with Crippen LogP contribution in [0.4, 0.5) is 0 Å². The predicted octanol–water partition coefficient (Wildman–Crippen LogP) is 1.97. The zero-order valence-corrected chi connectivity index (χ0v) is 9.42. The van der Waals surface area contributed by atoms with Gasteiger partial charge in [-0.15, -0.1) is 0 Å². The Labute approximate surface area is 86.1 Å². The van der Waals surface area contributed by atoms with Crippen LogP contribution in [0.5, 0.6) is 0 Å². The minimum absolute atomic E-state index is 0.192. The van der Waals surface area contributed by atoms with Gasteiger partial charge in [0.1, 0.15) is 0 Å². The van der Waals surface area contributed by atoms with Crippen LogP contribution in [0.15, 0.2) is 0 Å². The summed E-state index contributed by atoms with van der Waals surface area (Å²) >= 11 is 0. The van der Waals surface area contributed by atoms with Gasteiger partial charge in [0.05, 0.1) is 6.54 Å². The smallest absolute Gasteiger partial charge is 0.317 e. The predicted molar refractivity (Wildman–Crippen MR) is 56.3 cm³/mol. The zero-order chi connectivity index (χ0) is 10.8. The molecule has 0 radical (unpaired) electrons. The largest absolute Gasteiger partial charge is 0.480 e. The highest BCUT2D eigenvalue weighted by molar-refractivity contribution is 5.69. The average molecular weight is 199 g/mol. The van der Waals surface area contributed by atoms with Gasteiger partial charge in [-0.05, 0) is 31.2 Å². The van der Waals surface area contributed by atoms with Crippen molar-refractivity contribution in [3.63, 3.8) is 0 Å². The van der Waals surface area contributed by atoms with E-state index in [2.05, 4.69) is 18.7 Å². The first-order valence-electron chi connectivity index (χ1n) is 5.40. The van der Waals surface area contributed by atoms with Crippen LogP contribution in [-0.2, 0) is 4.79 Å². The van der Waals surface area contributed by atoms with Gasteiger partial charge in [0, 0.05) is 6.04 Å². The summed E-state index contributed by atoms with van der Waals surface area (Å²) in [4.78, 5) is 12.7. The molecule has 1 unspecified atom stereocenters. The fourth-order valence-corrected chi connectivity index (χ4v) is 2.38. The van der Waals surface area contributed by atoms with Gasteiger partial charge in [0.25, 0.3) is 0 Å². The van der Waals surface area contributed by atoms with E-state index >= 15 is 0 Å². The molecule has 0 heterocycles. The first-order valence-corrected chi connectivity index (χ1v) is 5.40. The summed E-state index contributed by atoms with van der Waals surface area (Å²) in [6.07, 6.45) is 3.50. The lowest BCUT2D eigenvalue weighted by Gasteiger charge is -2.27. The summed E-state index contributed by atoms with van der Waals surface area (Å²) in [5.74, 6) is -0.712. The summed E-state index contributed by atoms with van der Waals surface area (Å²) in [5.41, 5.74) is 0.399. The fraction of sp³-hybridized carbons (Fsp3) is 0.909. The molecule has 82 valence electrons. The van der Waals surface area contributed by atoms with Crippen LogP contribution in [-0.4, -0.2) is 35.1 Å². The average Bonchev–Trinajstić information content (AvgIpc) is 2.41. The second-order valence-electron chi connectivity index (χ2n) is 5.02. The van der Waals surface area contributed by atoms with Crippen LogP contribution >= 0.6 is 0 Å². The molecule has 0 aromatic carbocycles. The van der Waals surface area contributed by atoms with Crippen molar-refractivity contribution in [2.75, 3.05) is 13.1 Å². The molecule has 1 aliphatic rings. The Morgan fingerprint density at radius 3 is 2.57 bits per heavy atom. The second-order valence-corrected chi connectivity index (χ2v) is 5.02. The van der Waals surface area contributed by atoms with E-state index in [1.807, 2.05) is 6.92 Å². The Bertz CT molecular complexity index is 213. The highest BCUT2D eigenvalue weighted by atomic mass is 16.4. The van der Waals surface area contributed by atoms with Crippen molar-refractivity contribution < 1.29 is 9.90 Å². The van der Waals surface area contributed by atoms with Crippen molar-refractivity contribution in [1.29, 1.82) is 0 Å². The molecule has 1 fully saturated rings. The SMILES string of the molecule is CCN(CC(=O)O)C1CCC(C)(C)C1. The number of hydrogen-bond donors (Lipinski definition) is 1. The monoisotopic (exact) mass is 199 g/mol. The first-order chi connectivity index (χ1) is 6.44. The summed E-state index contributed by atoms with van der Waals surface area (Å²) < 4.78 is 0. The van der Waals surface area contributed by atoms with Crippen LogP contribution in [0.1, 0.15) is 40.0 Å². The molecule has 0 bridgehead atoms. The van der Waals surface area contributed by atoms with Gasteiger partial charge in [-0.2, -0.15) is 0 Å². The maximum Gasteiger partial charge on any atom is 0.317 e. The zero-order valence-electron chi connectivity index (χ0n) is 9.42. The molecule has 1 aliphatic carbocycles. The highest BCUT2D eigenvalue weighted by Crippen LogP contribution is 2.39. The van der Waals surface area contributed by atoms with Gasteiger partial charge in [-0.1, -0.05) is 20.8 Å². The van der Waals surface area contributed by atoms with E-state index < -0.39 is 5.97 Å². The van der Waals surface area contributed by atoms with Crippen LogP contribution in [0.2, 0.25) is 0 Å². The highest BCUT2D eigenvalue weighted by Gasteiger charge is 2.34. The quantitative estimate of drug-likeness (QED) is 0.752. The lowest BCUT2D eigenvalue weighted by Crippen LogP contribution is -2.37. The maximum atomic E-state index is 10.6. The molecule has 0 aromatic heterocycles. The molecular formula is C11H21NO2. The topological polar surface area (TPSA) is 40.5 Å². The van der Waals surface area contributed by atoms with E-state index in [0.29, 0.717) is 11.5 Å². The number of rotatable bonds is 4. The summed E-state index contributed by atoms with van der Waals surface area (Å²) in [6, 6.07) is 0.478. The molecule has 0 spiro atoms. The number of carbonyl (C=O) groups is 1. The fourth-order valence-electron chi connectivity index (χ4n) is 2.38. The summed E-state index contributed by atoms with van der Waals surface area (Å²) in [5, 5.41) is 8.76. The van der Waals surface area contributed by atoms with E-state index in [1.54, 1.807) is 0 Å². The van der Waals surface area contributed by atoms with Gasteiger partial charge < -0.3 is 5.11 Å². The number of aliphatic carboxylic acids is 1. The number of hydrogen-bond acceptors (Lipinski definition) is 2. The summed E-state index contributed by atoms with van der Waals surface area (Å²) in [7, 11) is 0. The lowest BCUT2D eigenvalue weighted by atomic mass is 9.91. The Balaban J connectivity index is 2.50. The molecule has 3 nitrogen and oxygen atoms in total. The Morgan fingerprint density at radius 1 is 1.57 bits per heavy atom. The Hall–Kier alpha value is -0.570. The minimum atomic E-state index is -0.712. The molecule has 14 heavy (non-hydrogen) atoms. The van der Waals surface area contributed by atoms with Crippen LogP contribution in [0, 0.1) is 5.41 Å². The molecule has 0 aromatic rings. The van der Waals surface area contributed by atoms with E-state index in [4.69, 9.17) is 5.11 Å². The van der Waals surface area contributed by atoms with Gasteiger partial charge in [-0.3, -0.25) is 9.69 Å². The number of carboxylic acid groups (broad SMARTS) is 1. The van der Waals surface area contributed by atoms with Gasteiger partial charge >= 0.3 is 5.97 Å². The summed E-state index contributed by atoms with van der Waals surface area (Å²) in [6.45, 7) is 7.60. The Morgan fingerprint density at radius 2 is 2.21 bits per heavy atom. The van der Waals surface area contributed by atoms with Crippen molar-refractivity contribution in [3.05, 3.63) is 0 Å². The molecule has 1 atom stereocenters. The van der Waals surface area contributed by atoms with Crippen molar-refractivity contribution in [3.8, 4) is 0 Å². The van der Waals surface area contributed by atoms with Crippen LogP contribution < -0.4 is 0 Å². The molecule has 1 rings (SSSR count). The number of carboxylic acids is 1. The molecule has 0 amide bonds. The molecule has 0 aliphatic heterocycles. The third kappa shape index (κ3) is 2.98. The third-order valence-corrected chi connectivity index (χ3v) is 3.20. The maximum absolute atomic E-state index is 10.6. The normalized spacial score (nSPS) is 25.6. The van der Waals surface area contributed by atoms with Gasteiger partial charge in [0.15, 0.2) is 0 Å². The van der Waals surface area contributed by atoms with Crippen molar-refractivity contribution in [1.82, 2.24) is 4.90 Å².